The summed E-state index contributed by atoms with van der Waals surface area (Å²) in [5.41, 5.74) is 1.37. The smallest absolute Gasteiger partial charge is 0.108 e. The summed E-state index contributed by atoms with van der Waals surface area (Å²) < 4.78 is 5.36. The van der Waals surface area contributed by atoms with Crippen molar-refractivity contribution in [3.63, 3.8) is 0 Å². The van der Waals surface area contributed by atoms with Crippen LogP contribution in [0, 0.1) is 0 Å². The Bertz CT molecular complexity index is 241. The van der Waals surface area contributed by atoms with Crippen LogP contribution in [0.4, 0.5) is 0 Å². The van der Waals surface area contributed by atoms with Crippen LogP contribution in [0.1, 0.15) is 17.7 Å². The lowest BCUT2D eigenvalue weighted by molar-refractivity contribution is 0.332. The van der Waals surface area contributed by atoms with Crippen molar-refractivity contribution in [1.29, 1.82) is 0 Å². The number of fused-ring (bicyclic) bond motifs is 1. The topological polar surface area (TPSA) is 16.4 Å². The van der Waals surface area contributed by atoms with Crippen molar-refractivity contribution >= 4 is 0 Å². The van der Waals surface area contributed by atoms with Crippen LogP contribution in [0.3, 0.4) is 0 Å². The number of aryl methyl sites for hydroxylation is 1. The molecule has 0 radical (unpaired) electrons. The van der Waals surface area contributed by atoms with Gasteiger partial charge in [0.05, 0.1) is 6.26 Å². The van der Waals surface area contributed by atoms with Crippen LogP contribution in [-0.2, 0) is 13.0 Å². The highest BCUT2D eigenvalue weighted by Crippen LogP contribution is 2.17. The van der Waals surface area contributed by atoms with Crippen molar-refractivity contribution in [2.45, 2.75) is 19.4 Å². The zero-order valence-electron chi connectivity index (χ0n) is 6.84. The normalized spacial score (nSPS) is 19.4. The fraction of sp³-hybridized carbons (Fsp3) is 0.556. The molecule has 0 aromatic carbocycles. The van der Waals surface area contributed by atoms with Gasteiger partial charge in [0.1, 0.15) is 5.76 Å². The number of nitrogens with zero attached hydrogens (tertiary/aromatic N) is 1. The molecule has 2 rings (SSSR count). The van der Waals surface area contributed by atoms with Gasteiger partial charge in [-0.3, -0.25) is 0 Å². The Morgan fingerprint density at radius 2 is 2.45 bits per heavy atom. The van der Waals surface area contributed by atoms with E-state index in [9.17, 15) is 0 Å². The first-order valence-electron chi connectivity index (χ1n) is 4.10. The molecule has 0 atom stereocenters. The van der Waals surface area contributed by atoms with Crippen LogP contribution >= 0.6 is 0 Å². The molecule has 2 heterocycles. The summed E-state index contributed by atoms with van der Waals surface area (Å²) in [4.78, 5) is 2.33. The van der Waals surface area contributed by atoms with Crippen LogP contribution in [-0.4, -0.2) is 18.5 Å². The maximum atomic E-state index is 5.36. The van der Waals surface area contributed by atoms with E-state index in [2.05, 4.69) is 18.0 Å². The van der Waals surface area contributed by atoms with Gasteiger partial charge in [-0.15, -0.1) is 0 Å². The number of rotatable bonds is 0. The highest BCUT2D eigenvalue weighted by Gasteiger charge is 2.12. The third kappa shape index (κ3) is 1.31. The van der Waals surface area contributed by atoms with E-state index >= 15 is 0 Å². The Balaban J connectivity index is 2.26. The van der Waals surface area contributed by atoms with E-state index in [0.29, 0.717) is 0 Å². The molecule has 2 nitrogen and oxygen atoms in total. The highest BCUT2D eigenvalue weighted by atomic mass is 16.3. The summed E-state index contributed by atoms with van der Waals surface area (Å²) >= 11 is 0. The second-order valence-electron chi connectivity index (χ2n) is 3.21. The number of furan rings is 1. The van der Waals surface area contributed by atoms with E-state index in [0.717, 1.165) is 13.0 Å². The fourth-order valence-corrected chi connectivity index (χ4v) is 1.61. The van der Waals surface area contributed by atoms with Crippen molar-refractivity contribution in [1.82, 2.24) is 4.90 Å². The molecule has 1 aromatic rings. The van der Waals surface area contributed by atoms with Crippen LogP contribution in [0.5, 0.6) is 0 Å². The first-order valence-corrected chi connectivity index (χ1v) is 4.10. The van der Waals surface area contributed by atoms with Crippen molar-refractivity contribution < 1.29 is 4.42 Å². The lowest BCUT2D eigenvalue weighted by Crippen LogP contribution is -2.16. The summed E-state index contributed by atoms with van der Waals surface area (Å²) in [6.45, 7) is 2.23. The summed E-state index contributed by atoms with van der Waals surface area (Å²) in [6.07, 6.45) is 4.12. The average Bonchev–Trinajstić information content (AvgIpc) is 2.31. The maximum absolute atomic E-state index is 5.36. The SMILES string of the molecule is CN1CCCc2occc2C1. The van der Waals surface area contributed by atoms with Gasteiger partial charge in [-0.25, -0.2) is 0 Å². The molecular weight excluding hydrogens is 138 g/mol. The number of hydrogen-bond donors (Lipinski definition) is 0. The maximum Gasteiger partial charge on any atom is 0.108 e. The van der Waals surface area contributed by atoms with E-state index in [1.165, 1.54) is 24.3 Å². The summed E-state index contributed by atoms with van der Waals surface area (Å²) in [7, 11) is 2.15. The minimum Gasteiger partial charge on any atom is -0.469 e. The zero-order chi connectivity index (χ0) is 7.68. The van der Waals surface area contributed by atoms with E-state index in [1.807, 2.05) is 0 Å². The molecule has 0 saturated heterocycles. The van der Waals surface area contributed by atoms with Crippen molar-refractivity contribution in [3.8, 4) is 0 Å². The van der Waals surface area contributed by atoms with E-state index in [4.69, 9.17) is 4.42 Å². The number of hydrogen-bond acceptors (Lipinski definition) is 2. The van der Waals surface area contributed by atoms with E-state index < -0.39 is 0 Å². The molecule has 0 bridgehead atoms. The molecule has 0 saturated carbocycles. The van der Waals surface area contributed by atoms with Crippen LogP contribution in [0.2, 0.25) is 0 Å². The first kappa shape index (κ1) is 6.92. The standard InChI is InChI=1S/C9H13NO/c1-10-5-2-3-9-8(7-10)4-6-11-9/h4,6H,2-3,5,7H2,1H3. The predicted molar refractivity (Wildman–Crippen MR) is 43.4 cm³/mol. The van der Waals surface area contributed by atoms with Gasteiger partial charge >= 0.3 is 0 Å². The minimum atomic E-state index is 1.05. The molecular formula is C9H13NO. The third-order valence-corrected chi connectivity index (χ3v) is 2.22. The molecule has 0 unspecified atom stereocenters. The van der Waals surface area contributed by atoms with Crippen LogP contribution in [0.15, 0.2) is 16.7 Å². The van der Waals surface area contributed by atoms with Crippen molar-refractivity contribution in [2.75, 3.05) is 13.6 Å². The van der Waals surface area contributed by atoms with Crippen LogP contribution < -0.4 is 0 Å². The van der Waals surface area contributed by atoms with Gasteiger partial charge in [0, 0.05) is 18.5 Å². The Morgan fingerprint density at radius 3 is 3.36 bits per heavy atom. The molecule has 0 amide bonds. The highest BCUT2D eigenvalue weighted by molar-refractivity contribution is 5.17. The lowest BCUT2D eigenvalue weighted by atomic mass is 10.2. The Morgan fingerprint density at radius 1 is 1.55 bits per heavy atom. The quantitative estimate of drug-likeness (QED) is 0.560. The summed E-state index contributed by atoms with van der Waals surface area (Å²) in [6, 6.07) is 2.08. The molecule has 1 aromatic heterocycles. The molecule has 0 N–H and O–H groups in total. The van der Waals surface area contributed by atoms with Crippen molar-refractivity contribution in [3.05, 3.63) is 23.7 Å². The van der Waals surface area contributed by atoms with Gasteiger partial charge in [-0.05, 0) is 26.1 Å². The molecule has 1 aliphatic heterocycles. The summed E-state index contributed by atoms with van der Waals surface area (Å²) in [5.74, 6) is 1.19. The zero-order valence-corrected chi connectivity index (χ0v) is 6.84. The van der Waals surface area contributed by atoms with Gasteiger partial charge in [-0.2, -0.15) is 0 Å². The Hall–Kier alpha value is -0.760. The van der Waals surface area contributed by atoms with E-state index in [-0.39, 0.29) is 0 Å². The molecule has 1 aliphatic rings. The summed E-state index contributed by atoms with van der Waals surface area (Å²) in [5, 5.41) is 0. The van der Waals surface area contributed by atoms with Gasteiger partial charge in [0.15, 0.2) is 0 Å². The Kier molecular flexibility index (Phi) is 1.70. The minimum absolute atomic E-state index is 1.05. The first-order chi connectivity index (χ1) is 5.36. The van der Waals surface area contributed by atoms with E-state index in [1.54, 1.807) is 6.26 Å². The van der Waals surface area contributed by atoms with Gasteiger partial charge in [0.2, 0.25) is 0 Å². The fourth-order valence-electron chi connectivity index (χ4n) is 1.61. The molecule has 0 fully saturated rings. The largest absolute Gasteiger partial charge is 0.469 e. The van der Waals surface area contributed by atoms with Crippen molar-refractivity contribution in [2.24, 2.45) is 0 Å². The molecule has 11 heavy (non-hydrogen) atoms. The van der Waals surface area contributed by atoms with Gasteiger partial charge < -0.3 is 9.32 Å². The molecule has 60 valence electrons. The average molecular weight is 151 g/mol. The molecule has 0 spiro atoms. The van der Waals surface area contributed by atoms with Gasteiger partial charge in [0.25, 0.3) is 0 Å². The van der Waals surface area contributed by atoms with Gasteiger partial charge in [-0.1, -0.05) is 0 Å². The Labute approximate surface area is 66.8 Å². The predicted octanol–water partition coefficient (Wildman–Crippen LogP) is 1.66. The molecule has 2 heteroatoms. The second kappa shape index (κ2) is 2.70. The molecule has 0 aliphatic carbocycles. The third-order valence-electron chi connectivity index (χ3n) is 2.22. The lowest BCUT2D eigenvalue weighted by Gasteiger charge is -2.11. The van der Waals surface area contributed by atoms with Crippen LogP contribution in [0.25, 0.3) is 0 Å². The second-order valence-corrected chi connectivity index (χ2v) is 3.21. The monoisotopic (exact) mass is 151 g/mol.